The largest absolute Gasteiger partial charge is 1.00 e. The Kier molecular flexibility index (Phi) is 12.3. The summed E-state index contributed by atoms with van der Waals surface area (Å²) in [6.45, 7) is 0. The first kappa shape index (κ1) is 33.8. The molecule has 13 heteroatoms. The fourth-order valence-electron chi connectivity index (χ4n) is 3.83. The molecule has 6 rings (SSSR count). The van der Waals surface area contributed by atoms with Crippen molar-refractivity contribution in [2.24, 2.45) is 0 Å². The molecule has 0 bridgehead atoms. The van der Waals surface area contributed by atoms with Gasteiger partial charge in [-0.3, -0.25) is 0 Å². The molecule has 0 fully saturated rings. The first-order valence-corrected chi connectivity index (χ1v) is 15.3. The number of fused-ring (bicyclic) bond motifs is 1. The minimum Gasteiger partial charge on any atom is -0.741 e. The Balaban J connectivity index is 0.000000189. The normalized spacial score (nSPS) is 11.0. The summed E-state index contributed by atoms with van der Waals surface area (Å²) in [5.41, 5.74) is -3.80. The van der Waals surface area contributed by atoms with Crippen molar-refractivity contribution >= 4 is 45.0 Å². The molecule has 0 saturated carbocycles. The van der Waals surface area contributed by atoms with Gasteiger partial charge in [0.1, 0.15) is 21.4 Å². The molecule has 2 aromatic heterocycles. The molecule has 2 heterocycles. The van der Waals surface area contributed by atoms with E-state index < -0.39 is 23.5 Å². The molecule has 0 aliphatic heterocycles. The van der Waals surface area contributed by atoms with E-state index in [-0.39, 0.29) is 22.4 Å². The third-order valence-electron chi connectivity index (χ3n) is 5.69. The van der Waals surface area contributed by atoms with Gasteiger partial charge < -0.3 is 4.55 Å². The van der Waals surface area contributed by atoms with Gasteiger partial charge in [-0.25, -0.2) is 13.4 Å². The van der Waals surface area contributed by atoms with Gasteiger partial charge in [0.25, 0.3) is 0 Å². The van der Waals surface area contributed by atoms with Crippen LogP contribution in [0.15, 0.2) is 140 Å². The van der Waals surface area contributed by atoms with Gasteiger partial charge in [0, 0.05) is 6.20 Å². The van der Waals surface area contributed by atoms with Gasteiger partial charge in [0.05, 0.1) is 13.4 Å². The molecule has 0 radical (unpaired) electrons. The van der Waals surface area contributed by atoms with E-state index in [0.717, 1.165) is 16.9 Å². The summed E-state index contributed by atoms with van der Waals surface area (Å²) in [5.74, 6) is 0.784. The molecule has 0 atom stereocenters. The first-order valence-electron chi connectivity index (χ1n) is 12.4. The van der Waals surface area contributed by atoms with E-state index in [1.807, 2.05) is 42.5 Å². The second-order valence-electron chi connectivity index (χ2n) is 8.55. The smallest absolute Gasteiger partial charge is 0.741 e. The predicted octanol–water partition coefficient (Wildman–Crippen LogP) is 5.04. The van der Waals surface area contributed by atoms with E-state index in [1.54, 1.807) is 10.9 Å². The van der Waals surface area contributed by atoms with Crippen LogP contribution in [-0.4, -0.2) is 38.5 Å². The van der Waals surface area contributed by atoms with Gasteiger partial charge >= 0.3 is 27.9 Å². The maximum absolute atomic E-state index is 10.7. The number of pyridine rings is 1. The molecule has 43 heavy (non-hydrogen) atoms. The number of halogens is 3. The van der Waals surface area contributed by atoms with Gasteiger partial charge in [0.2, 0.25) is 0 Å². The summed E-state index contributed by atoms with van der Waals surface area (Å²) < 4.78 is 60.6. The van der Waals surface area contributed by atoms with Crippen molar-refractivity contribution in [2.75, 3.05) is 0 Å². The Morgan fingerprint density at radius 2 is 1.07 bits per heavy atom. The van der Waals surface area contributed by atoms with Crippen LogP contribution in [0.1, 0.15) is 0 Å². The van der Waals surface area contributed by atoms with Crippen LogP contribution in [0.25, 0.3) is 16.9 Å². The standard InChI is InChI=1S/C18H15P.C11H8N4.CHF3O3S.Au/c1-4-10-16(11-5-1)19(17-12-6-2-7-13-17)18-14-8-3-9-15-18;1-2-6-10-9(5-1)13-14-15(10)11-7-3-4-8-12-11;2-1(3,4)8(5,6)7;/h1-15H;1-8H;(H,5,6,7);/q;;;+1. The summed E-state index contributed by atoms with van der Waals surface area (Å²) >= 11 is 0. The molecule has 0 aliphatic carbocycles. The topological polar surface area (TPSA) is 101 Å². The maximum Gasteiger partial charge on any atom is 1.00 e. The van der Waals surface area contributed by atoms with E-state index in [0.29, 0.717) is 0 Å². The van der Waals surface area contributed by atoms with Gasteiger partial charge in [-0.1, -0.05) is 78.0 Å². The summed E-state index contributed by atoms with van der Waals surface area (Å²) in [5, 5.41) is 12.4. The monoisotopic (exact) mass is 805 g/mol. The van der Waals surface area contributed by atoms with Gasteiger partial charge in [-0.05, 0) is 60.7 Å². The average molecular weight is 806 g/mol. The SMILES string of the molecule is O=S(=O)([O-])C(F)(F)F.[Au+].c1ccc(-n2nnc3ccccc32)nc1.c1ccc([PH+](c2ccccc2)c2ccccc2)cc1. The number of para-hydroxylation sites is 1. The zero-order valence-electron chi connectivity index (χ0n) is 22.1. The Morgan fingerprint density at radius 3 is 1.49 bits per heavy atom. The molecule has 0 aliphatic rings. The Morgan fingerprint density at radius 1 is 0.651 bits per heavy atom. The van der Waals surface area contributed by atoms with E-state index in [1.165, 1.54) is 15.9 Å². The van der Waals surface area contributed by atoms with Crippen molar-refractivity contribution in [1.29, 1.82) is 0 Å². The van der Waals surface area contributed by atoms with E-state index in [4.69, 9.17) is 13.0 Å². The molecular formula is C30H24AuF3N4O3PS+. The van der Waals surface area contributed by atoms with Crippen molar-refractivity contribution in [3.63, 3.8) is 0 Å². The molecular weight excluding hydrogens is 781 g/mol. The molecule has 0 unspecified atom stereocenters. The molecule has 0 saturated heterocycles. The Bertz CT molecular complexity index is 1700. The van der Waals surface area contributed by atoms with Gasteiger partial charge in [-0.15, -0.1) is 5.10 Å². The van der Waals surface area contributed by atoms with Crippen molar-refractivity contribution < 1.29 is 48.5 Å². The fourth-order valence-corrected chi connectivity index (χ4v) is 6.41. The molecule has 0 spiro atoms. The minimum absolute atomic E-state index is 0. The van der Waals surface area contributed by atoms with Crippen LogP contribution in [0.4, 0.5) is 13.2 Å². The second-order valence-corrected chi connectivity index (χ2v) is 12.4. The van der Waals surface area contributed by atoms with Crippen molar-refractivity contribution in [3.8, 4) is 5.82 Å². The molecule has 7 nitrogen and oxygen atoms in total. The van der Waals surface area contributed by atoms with Crippen LogP contribution >= 0.6 is 7.92 Å². The molecule has 6 aromatic rings. The van der Waals surface area contributed by atoms with Crippen LogP contribution in [0.2, 0.25) is 0 Å². The van der Waals surface area contributed by atoms with E-state index in [9.17, 15) is 13.2 Å². The van der Waals surface area contributed by atoms with Crippen molar-refractivity contribution in [1.82, 2.24) is 20.0 Å². The quantitative estimate of drug-likeness (QED) is 0.107. The number of aromatic nitrogens is 4. The molecule has 0 N–H and O–H groups in total. The summed E-state index contributed by atoms with van der Waals surface area (Å²) in [6, 6.07) is 46.0. The predicted molar refractivity (Wildman–Crippen MR) is 159 cm³/mol. The summed E-state index contributed by atoms with van der Waals surface area (Å²) in [7, 11) is -6.97. The number of hydrogen-bond acceptors (Lipinski definition) is 6. The van der Waals surface area contributed by atoms with E-state index in [2.05, 4.69) is 106 Å². The Labute approximate surface area is 263 Å². The number of hydrogen-bond donors (Lipinski definition) is 0. The third-order valence-corrected chi connectivity index (χ3v) is 8.99. The number of alkyl halides is 3. The van der Waals surface area contributed by atoms with Gasteiger partial charge in [0.15, 0.2) is 15.9 Å². The number of nitrogens with zero attached hydrogens (tertiary/aromatic N) is 4. The van der Waals surface area contributed by atoms with E-state index >= 15 is 0 Å². The zero-order valence-corrected chi connectivity index (χ0v) is 26.1. The molecule has 4 aromatic carbocycles. The average Bonchev–Trinajstić information content (AvgIpc) is 3.44. The van der Waals surface area contributed by atoms with Crippen LogP contribution in [0.3, 0.4) is 0 Å². The van der Waals surface area contributed by atoms with Gasteiger partial charge in [-0.2, -0.15) is 17.9 Å². The minimum atomic E-state index is -6.09. The third kappa shape index (κ3) is 9.39. The number of rotatable bonds is 4. The second kappa shape index (κ2) is 15.7. The fraction of sp³-hybridized carbons (Fsp3) is 0.0333. The zero-order chi connectivity index (χ0) is 30.0. The Hall–Kier alpha value is -3.70. The van der Waals surface area contributed by atoms with Crippen molar-refractivity contribution in [2.45, 2.75) is 5.51 Å². The van der Waals surface area contributed by atoms with Crippen LogP contribution < -0.4 is 15.9 Å². The summed E-state index contributed by atoms with van der Waals surface area (Å²) in [4.78, 5) is 4.23. The van der Waals surface area contributed by atoms with Crippen LogP contribution in [0.5, 0.6) is 0 Å². The van der Waals surface area contributed by atoms with Crippen LogP contribution in [-0.2, 0) is 32.5 Å². The number of benzene rings is 4. The van der Waals surface area contributed by atoms with Crippen LogP contribution in [0, 0.1) is 0 Å². The summed E-state index contributed by atoms with van der Waals surface area (Å²) in [6.07, 6.45) is 1.74. The molecule has 0 amide bonds. The van der Waals surface area contributed by atoms with Crippen molar-refractivity contribution in [3.05, 3.63) is 140 Å². The molecule has 224 valence electrons. The first-order chi connectivity index (χ1) is 20.1. The maximum atomic E-state index is 10.7.